The molecule has 3 N–H and O–H groups in total. The predicted octanol–water partition coefficient (Wildman–Crippen LogP) is 3.17. The Morgan fingerprint density at radius 3 is 2.21 bits per heavy atom. The molecule has 0 saturated carbocycles. The third kappa shape index (κ3) is 5.32. The van der Waals surface area contributed by atoms with Gasteiger partial charge in [0.1, 0.15) is 5.78 Å². The molecule has 0 aliphatic carbocycles. The molecular formula is C20H24N2O2. The molecule has 0 aliphatic rings. The van der Waals surface area contributed by atoms with Gasteiger partial charge in [0.25, 0.3) is 5.91 Å². The van der Waals surface area contributed by atoms with Crippen molar-refractivity contribution >= 4 is 11.7 Å². The zero-order valence-corrected chi connectivity index (χ0v) is 14.0. The number of hydrogen-bond acceptors (Lipinski definition) is 3. The van der Waals surface area contributed by atoms with Crippen LogP contribution < -0.4 is 11.1 Å². The van der Waals surface area contributed by atoms with Gasteiger partial charge in [-0.15, -0.1) is 0 Å². The fraction of sp³-hybridized carbons (Fsp3) is 0.300. The van der Waals surface area contributed by atoms with Gasteiger partial charge in [0.15, 0.2) is 0 Å². The Bertz CT molecular complexity index is 666. The van der Waals surface area contributed by atoms with Gasteiger partial charge >= 0.3 is 0 Å². The SMILES string of the molecule is CC(=O)C(N)CCCCNC(=O)c1ccc(-c2ccccc2)cc1. The van der Waals surface area contributed by atoms with Crippen molar-refractivity contribution in [1.82, 2.24) is 5.32 Å². The van der Waals surface area contributed by atoms with Gasteiger partial charge in [-0.3, -0.25) is 9.59 Å². The van der Waals surface area contributed by atoms with E-state index in [4.69, 9.17) is 5.73 Å². The Balaban J connectivity index is 1.78. The summed E-state index contributed by atoms with van der Waals surface area (Å²) in [6.45, 7) is 2.09. The van der Waals surface area contributed by atoms with Crippen LogP contribution in [0.4, 0.5) is 0 Å². The van der Waals surface area contributed by atoms with Gasteiger partial charge < -0.3 is 11.1 Å². The topological polar surface area (TPSA) is 72.2 Å². The lowest BCUT2D eigenvalue weighted by Crippen LogP contribution is -2.29. The number of Topliss-reactive ketones (excluding diaryl/α,β-unsaturated/α-hetero) is 1. The highest BCUT2D eigenvalue weighted by Crippen LogP contribution is 2.19. The number of carbonyl (C=O) groups excluding carboxylic acids is 2. The fourth-order valence-corrected chi connectivity index (χ4v) is 2.44. The lowest BCUT2D eigenvalue weighted by atomic mass is 10.0. The third-order valence-corrected chi connectivity index (χ3v) is 4.00. The molecule has 0 spiro atoms. The highest BCUT2D eigenvalue weighted by atomic mass is 16.1. The third-order valence-electron chi connectivity index (χ3n) is 4.00. The van der Waals surface area contributed by atoms with Gasteiger partial charge in [-0.1, -0.05) is 42.5 Å². The van der Waals surface area contributed by atoms with E-state index in [-0.39, 0.29) is 17.7 Å². The number of nitrogens with two attached hydrogens (primary N) is 1. The summed E-state index contributed by atoms with van der Waals surface area (Å²) in [5.41, 5.74) is 8.54. The predicted molar refractivity (Wildman–Crippen MR) is 96.7 cm³/mol. The molecule has 1 amide bonds. The average molecular weight is 324 g/mol. The van der Waals surface area contributed by atoms with Gasteiger partial charge in [0.2, 0.25) is 0 Å². The van der Waals surface area contributed by atoms with Crippen LogP contribution in [0.3, 0.4) is 0 Å². The Morgan fingerprint density at radius 2 is 1.58 bits per heavy atom. The molecule has 0 bridgehead atoms. The molecule has 0 aliphatic heterocycles. The van der Waals surface area contributed by atoms with Crippen LogP contribution in [0.1, 0.15) is 36.5 Å². The average Bonchev–Trinajstić information content (AvgIpc) is 2.62. The molecule has 1 unspecified atom stereocenters. The van der Waals surface area contributed by atoms with Crippen LogP contribution in [0.2, 0.25) is 0 Å². The highest BCUT2D eigenvalue weighted by molar-refractivity contribution is 5.94. The number of ketones is 1. The minimum atomic E-state index is -0.383. The highest BCUT2D eigenvalue weighted by Gasteiger charge is 2.08. The molecule has 0 heterocycles. The standard InChI is InChI=1S/C20H24N2O2/c1-15(23)19(21)9-5-6-14-22-20(24)18-12-10-17(11-13-18)16-7-3-2-4-8-16/h2-4,7-8,10-13,19H,5-6,9,14,21H2,1H3,(H,22,24). The summed E-state index contributed by atoms with van der Waals surface area (Å²) in [6, 6.07) is 17.3. The monoisotopic (exact) mass is 324 g/mol. The van der Waals surface area contributed by atoms with Crippen LogP contribution in [0, 0.1) is 0 Å². The van der Waals surface area contributed by atoms with Gasteiger partial charge in [-0.2, -0.15) is 0 Å². The van der Waals surface area contributed by atoms with Crippen molar-refractivity contribution in [2.75, 3.05) is 6.54 Å². The number of amides is 1. The van der Waals surface area contributed by atoms with Crippen molar-refractivity contribution in [3.63, 3.8) is 0 Å². The van der Waals surface area contributed by atoms with Crippen LogP contribution in [-0.2, 0) is 4.79 Å². The molecule has 0 radical (unpaired) electrons. The van der Waals surface area contributed by atoms with Gasteiger partial charge in [0.05, 0.1) is 6.04 Å². The maximum Gasteiger partial charge on any atom is 0.251 e. The number of nitrogens with one attached hydrogen (secondary N) is 1. The molecule has 24 heavy (non-hydrogen) atoms. The molecule has 2 aromatic rings. The molecule has 1 atom stereocenters. The Kier molecular flexibility index (Phi) is 6.70. The second-order valence-corrected chi connectivity index (χ2v) is 5.91. The van der Waals surface area contributed by atoms with Crippen molar-refractivity contribution in [2.45, 2.75) is 32.2 Å². The van der Waals surface area contributed by atoms with E-state index < -0.39 is 0 Å². The van der Waals surface area contributed by atoms with E-state index in [2.05, 4.69) is 5.32 Å². The maximum atomic E-state index is 12.1. The lowest BCUT2D eigenvalue weighted by molar-refractivity contribution is -0.118. The number of unbranched alkanes of at least 4 members (excludes halogenated alkanes) is 1. The van der Waals surface area contributed by atoms with E-state index >= 15 is 0 Å². The second kappa shape index (κ2) is 8.99. The summed E-state index contributed by atoms with van der Waals surface area (Å²) >= 11 is 0. The first-order valence-electron chi connectivity index (χ1n) is 8.27. The first-order chi connectivity index (χ1) is 11.6. The van der Waals surface area contributed by atoms with Crippen LogP contribution in [-0.4, -0.2) is 24.3 Å². The second-order valence-electron chi connectivity index (χ2n) is 5.91. The largest absolute Gasteiger partial charge is 0.352 e. The molecule has 126 valence electrons. The number of carbonyl (C=O) groups is 2. The zero-order chi connectivity index (χ0) is 17.4. The normalized spacial score (nSPS) is 11.8. The van der Waals surface area contributed by atoms with E-state index in [0.29, 0.717) is 18.5 Å². The summed E-state index contributed by atoms with van der Waals surface area (Å²) in [4.78, 5) is 23.1. The van der Waals surface area contributed by atoms with Crippen LogP contribution in [0.5, 0.6) is 0 Å². The minimum absolute atomic E-state index is 0.0116. The maximum absolute atomic E-state index is 12.1. The first-order valence-corrected chi connectivity index (χ1v) is 8.27. The summed E-state index contributed by atoms with van der Waals surface area (Å²) in [7, 11) is 0. The number of benzene rings is 2. The van der Waals surface area contributed by atoms with Crippen LogP contribution in [0.25, 0.3) is 11.1 Å². The number of hydrogen-bond donors (Lipinski definition) is 2. The van der Waals surface area contributed by atoms with Crippen molar-refractivity contribution in [3.8, 4) is 11.1 Å². The lowest BCUT2D eigenvalue weighted by Gasteiger charge is -2.08. The Hall–Kier alpha value is -2.46. The van der Waals surface area contributed by atoms with Crippen LogP contribution >= 0.6 is 0 Å². The van der Waals surface area contributed by atoms with Gasteiger partial charge in [-0.05, 0) is 49.4 Å². The molecule has 4 heteroatoms. The van der Waals surface area contributed by atoms with Crippen molar-refractivity contribution < 1.29 is 9.59 Å². The summed E-state index contributed by atoms with van der Waals surface area (Å²) in [5, 5.41) is 2.90. The molecule has 0 saturated heterocycles. The van der Waals surface area contributed by atoms with Crippen molar-refractivity contribution in [3.05, 3.63) is 60.2 Å². The van der Waals surface area contributed by atoms with Gasteiger partial charge in [0, 0.05) is 12.1 Å². The van der Waals surface area contributed by atoms with Crippen LogP contribution in [0.15, 0.2) is 54.6 Å². The van der Waals surface area contributed by atoms with E-state index in [1.54, 1.807) is 0 Å². The van der Waals surface area contributed by atoms with E-state index in [0.717, 1.165) is 24.0 Å². The quantitative estimate of drug-likeness (QED) is 0.733. The molecule has 2 rings (SSSR count). The smallest absolute Gasteiger partial charge is 0.251 e. The first kappa shape index (κ1) is 17.9. The molecular weight excluding hydrogens is 300 g/mol. The van der Waals surface area contributed by atoms with Gasteiger partial charge in [-0.25, -0.2) is 0 Å². The fourth-order valence-electron chi connectivity index (χ4n) is 2.44. The molecule has 4 nitrogen and oxygen atoms in total. The molecule has 2 aromatic carbocycles. The van der Waals surface area contributed by atoms with Crippen molar-refractivity contribution in [1.29, 1.82) is 0 Å². The van der Waals surface area contributed by atoms with E-state index in [1.165, 1.54) is 6.92 Å². The molecule has 0 aromatic heterocycles. The summed E-state index contributed by atoms with van der Waals surface area (Å²) < 4.78 is 0. The molecule has 0 fully saturated rings. The van der Waals surface area contributed by atoms with Crippen molar-refractivity contribution in [2.24, 2.45) is 5.73 Å². The minimum Gasteiger partial charge on any atom is -0.352 e. The van der Waals surface area contributed by atoms with E-state index in [9.17, 15) is 9.59 Å². The Labute approximate surface area is 143 Å². The Morgan fingerprint density at radius 1 is 0.958 bits per heavy atom. The summed E-state index contributed by atoms with van der Waals surface area (Å²) in [6.07, 6.45) is 2.31. The zero-order valence-electron chi connectivity index (χ0n) is 14.0. The summed E-state index contributed by atoms with van der Waals surface area (Å²) in [5.74, 6) is -0.0666. The van der Waals surface area contributed by atoms with E-state index in [1.807, 2.05) is 54.6 Å². The number of rotatable bonds is 8.